The minimum atomic E-state index is -1.04. The number of aromatic nitrogens is 2. The van der Waals surface area contributed by atoms with Crippen LogP contribution in [0.1, 0.15) is 25.1 Å². The molecule has 28 heavy (non-hydrogen) atoms. The fourth-order valence-corrected chi connectivity index (χ4v) is 3.48. The smallest absolute Gasteiger partial charge is 0.323 e. The summed E-state index contributed by atoms with van der Waals surface area (Å²) in [6.07, 6.45) is 0. The van der Waals surface area contributed by atoms with Gasteiger partial charge >= 0.3 is 5.97 Å². The van der Waals surface area contributed by atoms with Crippen LogP contribution in [0.5, 0.6) is 0 Å². The van der Waals surface area contributed by atoms with Crippen LogP contribution in [0, 0.1) is 18.3 Å². The molecule has 7 nitrogen and oxygen atoms in total. The maximum Gasteiger partial charge on any atom is 0.323 e. The first-order chi connectivity index (χ1) is 13.1. The van der Waals surface area contributed by atoms with Gasteiger partial charge < -0.3 is 14.6 Å². The number of hydrogen-bond donors (Lipinski definition) is 1. The molecule has 0 spiro atoms. The van der Waals surface area contributed by atoms with Crippen LogP contribution in [0.3, 0.4) is 0 Å². The second-order valence-corrected chi connectivity index (χ2v) is 7.64. The van der Waals surface area contributed by atoms with Gasteiger partial charge in [0.25, 0.3) is 0 Å². The lowest BCUT2D eigenvalue weighted by Gasteiger charge is -2.23. The van der Waals surface area contributed by atoms with Crippen molar-refractivity contribution in [2.45, 2.75) is 32.7 Å². The molecule has 0 saturated heterocycles. The third-order valence-corrected chi connectivity index (χ3v) is 4.90. The summed E-state index contributed by atoms with van der Waals surface area (Å²) < 4.78 is 1.56. The summed E-state index contributed by atoms with van der Waals surface area (Å²) >= 11 is 0. The van der Waals surface area contributed by atoms with Crippen molar-refractivity contribution in [3.63, 3.8) is 0 Å². The summed E-state index contributed by atoms with van der Waals surface area (Å²) in [5.74, 6) is -1.04. The molecule has 0 atom stereocenters. The van der Waals surface area contributed by atoms with Crippen molar-refractivity contribution in [2.24, 2.45) is 0 Å². The highest BCUT2D eigenvalue weighted by molar-refractivity contribution is 6.00. The Morgan fingerprint density at radius 1 is 1.25 bits per heavy atom. The summed E-state index contributed by atoms with van der Waals surface area (Å²) in [6.45, 7) is 5.03. The minimum absolute atomic E-state index is 0.205. The molecule has 0 aliphatic heterocycles. The zero-order valence-electron chi connectivity index (χ0n) is 16.6. The Balaban J connectivity index is 2.61. The average molecular weight is 378 g/mol. The number of nitriles is 1. The van der Waals surface area contributed by atoms with Gasteiger partial charge in [-0.1, -0.05) is 6.07 Å². The fourth-order valence-electron chi connectivity index (χ4n) is 3.48. The van der Waals surface area contributed by atoms with Gasteiger partial charge in [0.2, 0.25) is 0 Å². The Labute approximate surface area is 162 Å². The molecule has 0 aliphatic rings. The lowest BCUT2D eigenvalue weighted by Crippen LogP contribution is -2.22. The number of pyridine rings is 2. The number of hydrogen-bond acceptors (Lipinski definition) is 5. The van der Waals surface area contributed by atoms with Crippen LogP contribution in [-0.2, 0) is 16.8 Å². The number of nitrogens with zero attached hydrogens (tertiary/aromatic N) is 4. The number of carboxylic acid groups (broad SMARTS) is 1. The van der Waals surface area contributed by atoms with Gasteiger partial charge in [-0.25, -0.2) is 4.98 Å². The maximum absolute atomic E-state index is 13.2. The molecule has 3 rings (SSSR count). The zero-order valence-corrected chi connectivity index (χ0v) is 16.6. The van der Waals surface area contributed by atoms with Crippen LogP contribution in [0.25, 0.3) is 21.9 Å². The molecule has 0 amide bonds. The molecule has 144 valence electrons. The minimum Gasteiger partial charge on any atom is -0.480 e. The van der Waals surface area contributed by atoms with E-state index in [9.17, 15) is 20.0 Å². The Hall–Kier alpha value is -3.40. The first-order valence-electron chi connectivity index (χ1n) is 8.86. The van der Waals surface area contributed by atoms with E-state index in [0.717, 1.165) is 11.3 Å². The van der Waals surface area contributed by atoms with Crippen LogP contribution < -0.4 is 10.3 Å². The Kier molecular flexibility index (Phi) is 4.59. The number of anilines is 1. The largest absolute Gasteiger partial charge is 0.480 e. The van der Waals surface area contributed by atoms with E-state index in [4.69, 9.17) is 0 Å². The number of rotatable bonds is 4. The van der Waals surface area contributed by atoms with Gasteiger partial charge in [-0.2, -0.15) is 5.26 Å². The van der Waals surface area contributed by atoms with Gasteiger partial charge in [-0.15, -0.1) is 0 Å². The van der Waals surface area contributed by atoms with Crippen molar-refractivity contribution >= 4 is 33.6 Å². The van der Waals surface area contributed by atoms with E-state index in [1.54, 1.807) is 36.6 Å². The van der Waals surface area contributed by atoms with E-state index in [1.165, 1.54) is 0 Å². The van der Waals surface area contributed by atoms with Gasteiger partial charge in [0.15, 0.2) is 5.43 Å². The molecule has 2 aromatic heterocycles. The zero-order chi connectivity index (χ0) is 20.8. The molecule has 0 bridgehead atoms. The SMILES string of the molecule is Cc1ccc2c(=O)c3ccc(C(C)(C)C#N)nc3n(CC(=O)O)c2c1N(C)C. The second kappa shape index (κ2) is 6.64. The molecule has 0 unspecified atom stereocenters. The van der Waals surface area contributed by atoms with Gasteiger partial charge in [-0.3, -0.25) is 9.59 Å². The molecule has 2 heterocycles. The molecule has 1 N–H and O–H groups in total. The molecule has 0 aliphatic carbocycles. The van der Waals surface area contributed by atoms with Gasteiger partial charge in [-0.05, 0) is 44.5 Å². The summed E-state index contributed by atoms with van der Waals surface area (Å²) in [5, 5.41) is 19.8. The highest BCUT2D eigenvalue weighted by Gasteiger charge is 2.24. The first kappa shape index (κ1) is 19.4. The molecule has 0 radical (unpaired) electrons. The Bertz CT molecular complexity index is 1220. The summed E-state index contributed by atoms with van der Waals surface area (Å²) in [5.41, 5.74) is 1.90. The number of carbonyl (C=O) groups is 1. The predicted octanol–water partition coefficient (Wildman–Crippen LogP) is 2.81. The molecule has 0 fully saturated rings. The molecular weight excluding hydrogens is 356 g/mol. The van der Waals surface area contributed by atoms with E-state index in [0.29, 0.717) is 22.0 Å². The fraction of sp³-hybridized carbons (Fsp3) is 0.333. The highest BCUT2D eigenvalue weighted by atomic mass is 16.4. The van der Waals surface area contributed by atoms with Crippen LogP contribution in [0.2, 0.25) is 0 Å². The van der Waals surface area contributed by atoms with Crippen molar-refractivity contribution in [3.8, 4) is 6.07 Å². The van der Waals surface area contributed by atoms with Crippen molar-refractivity contribution < 1.29 is 9.90 Å². The number of benzene rings is 1. The monoisotopic (exact) mass is 378 g/mol. The van der Waals surface area contributed by atoms with E-state index in [2.05, 4.69) is 11.1 Å². The number of carboxylic acids is 1. The highest BCUT2D eigenvalue weighted by Crippen LogP contribution is 2.31. The lowest BCUT2D eigenvalue weighted by atomic mass is 9.90. The summed E-state index contributed by atoms with van der Waals surface area (Å²) in [4.78, 5) is 31.2. The van der Waals surface area contributed by atoms with E-state index in [-0.39, 0.29) is 17.6 Å². The van der Waals surface area contributed by atoms with E-state index < -0.39 is 11.4 Å². The molecule has 0 saturated carbocycles. The average Bonchev–Trinajstić information content (AvgIpc) is 2.63. The van der Waals surface area contributed by atoms with Crippen molar-refractivity contribution in [2.75, 3.05) is 19.0 Å². The molecule has 1 aromatic carbocycles. The second-order valence-electron chi connectivity index (χ2n) is 7.64. The quantitative estimate of drug-likeness (QED) is 0.701. The van der Waals surface area contributed by atoms with Gasteiger partial charge in [0, 0.05) is 19.5 Å². The van der Waals surface area contributed by atoms with E-state index in [1.807, 2.05) is 32.0 Å². The third kappa shape index (κ3) is 2.97. The normalized spacial score (nSPS) is 11.6. The Morgan fingerprint density at radius 2 is 1.89 bits per heavy atom. The lowest BCUT2D eigenvalue weighted by molar-refractivity contribution is -0.137. The van der Waals surface area contributed by atoms with Gasteiger partial charge in [0.1, 0.15) is 12.2 Å². The molecular formula is C21H22N4O3. The van der Waals surface area contributed by atoms with Crippen LogP contribution >= 0.6 is 0 Å². The van der Waals surface area contributed by atoms with Gasteiger partial charge in [0.05, 0.1) is 33.8 Å². The summed E-state index contributed by atoms with van der Waals surface area (Å²) in [7, 11) is 3.70. The van der Waals surface area contributed by atoms with Crippen LogP contribution in [-0.4, -0.2) is 34.7 Å². The molecule has 7 heteroatoms. The topological polar surface area (TPSA) is 99.2 Å². The number of fused-ring (bicyclic) bond motifs is 2. The molecule has 3 aromatic rings. The summed E-state index contributed by atoms with van der Waals surface area (Å²) in [6, 6.07) is 9.07. The number of aryl methyl sites for hydroxylation is 1. The van der Waals surface area contributed by atoms with Crippen molar-refractivity contribution in [3.05, 3.63) is 45.7 Å². The van der Waals surface area contributed by atoms with Crippen LogP contribution in [0.4, 0.5) is 5.69 Å². The first-order valence-corrected chi connectivity index (χ1v) is 8.86. The van der Waals surface area contributed by atoms with Crippen LogP contribution in [0.15, 0.2) is 29.1 Å². The third-order valence-electron chi connectivity index (χ3n) is 4.90. The predicted molar refractivity (Wildman–Crippen MR) is 109 cm³/mol. The standard InChI is InChI=1S/C21H22N4O3/c1-12-6-7-13-18(17(12)24(4)5)25(10-16(26)27)20-14(19(13)28)8-9-15(23-20)21(2,3)11-22/h6-9H,10H2,1-5H3,(H,26,27). The van der Waals surface area contributed by atoms with Crippen molar-refractivity contribution in [1.82, 2.24) is 9.55 Å². The van der Waals surface area contributed by atoms with Crippen molar-refractivity contribution in [1.29, 1.82) is 5.26 Å². The maximum atomic E-state index is 13.2. The number of aliphatic carboxylic acids is 1. The van der Waals surface area contributed by atoms with E-state index >= 15 is 0 Å². The Morgan fingerprint density at radius 3 is 2.46 bits per heavy atom.